The zero-order chi connectivity index (χ0) is 15.6. The average molecular weight is 301 g/mol. The predicted molar refractivity (Wildman–Crippen MR) is 71.8 cm³/mol. The van der Waals surface area contributed by atoms with E-state index in [4.69, 9.17) is 5.73 Å². The molecule has 2 rings (SSSR count). The highest BCUT2D eigenvalue weighted by molar-refractivity contribution is 6.08. The van der Waals surface area contributed by atoms with Gasteiger partial charge < -0.3 is 15.7 Å². The Morgan fingerprint density at radius 3 is 2.62 bits per heavy atom. The standard InChI is InChI=1S/C12H14F3N5O/c1-17-4-7(3-16)9-2-10(12(13,14)15)19-11(18-9)20-5-8(21)6-20/h2-4,8,21H,5-6,16H2,1H3. The molecule has 1 fully saturated rings. The molecule has 1 aromatic heterocycles. The molecule has 0 aliphatic carbocycles. The molecule has 114 valence electrons. The lowest BCUT2D eigenvalue weighted by Gasteiger charge is -2.36. The molecule has 3 N–H and O–H groups in total. The minimum atomic E-state index is -4.60. The number of nitrogens with two attached hydrogens (primary N) is 1. The number of aromatic nitrogens is 2. The maximum absolute atomic E-state index is 12.9. The van der Waals surface area contributed by atoms with E-state index in [1.54, 1.807) is 0 Å². The van der Waals surface area contributed by atoms with Crippen LogP contribution in [0.2, 0.25) is 0 Å². The highest BCUT2D eigenvalue weighted by atomic mass is 19.4. The van der Waals surface area contributed by atoms with E-state index in [9.17, 15) is 18.3 Å². The highest BCUT2D eigenvalue weighted by Crippen LogP contribution is 2.31. The SMILES string of the molecule is CN=CC(=CN)c1cc(C(F)(F)F)nc(N2CC(O)C2)n1. The molecular weight excluding hydrogens is 287 g/mol. The van der Waals surface area contributed by atoms with Gasteiger partial charge in [-0.1, -0.05) is 0 Å². The van der Waals surface area contributed by atoms with Crippen LogP contribution >= 0.6 is 0 Å². The molecule has 0 spiro atoms. The first-order valence-corrected chi connectivity index (χ1v) is 6.09. The summed E-state index contributed by atoms with van der Waals surface area (Å²) in [6.07, 6.45) is -2.73. The van der Waals surface area contributed by atoms with Crippen LogP contribution in [0.25, 0.3) is 5.57 Å². The van der Waals surface area contributed by atoms with Crippen molar-refractivity contribution in [2.24, 2.45) is 10.7 Å². The third kappa shape index (κ3) is 3.30. The molecule has 1 aliphatic heterocycles. The van der Waals surface area contributed by atoms with Gasteiger partial charge in [0, 0.05) is 38.1 Å². The molecule has 0 unspecified atom stereocenters. The number of halogens is 3. The Labute approximate surface area is 118 Å². The summed E-state index contributed by atoms with van der Waals surface area (Å²) in [5.41, 5.74) is 4.62. The molecule has 0 bridgehead atoms. The summed E-state index contributed by atoms with van der Waals surface area (Å²) in [6.45, 7) is 0.397. The quantitative estimate of drug-likeness (QED) is 0.802. The fraction of sp³-hybridized carbons (Fsp3) is 0.417. The van der Waals surface area contributed by atoms with Gasteiger partial charge in [0.15, 0.2) is 5.69 Å². The fourth-order valence-electron chi connectivity index (χ4n) is 1.82. The molecule has 9 heteroatoms. The van der Waals surface area contributed by atoms with Crippen LogP contribution in [-0.4, -0.2) is 47.5 Å². The molecule has 1 aliphatic rings. The second-order valence-corrected chi connectivity index (χ2v) is 4.50. The lowest BCUT2D eigenvalue weighted by atomic mass is 10.1. The summed E-state index contributed by atoms with van der Waals surface area (Å²) < 4.78 is 38.8. The van der Waals surface area contributed by atoms with Crippen molar-refractivity contribution in [2.45, 2.75) is 12.3 Å². The van der Waals surface area contributed by atoms with E-state index in [-0.39, 0.29) is 30.3 Å². The number of hydrogen-bond acceptors (Lipinski definition) is 6. The number of nitrogens with zero attached hydrogens (tertiary/aromatic N) is 4. The van der Waals surface area contributed by atoms with Gasteiger partial charge in [-0.3, -0.25) is 4.99 Å². The smallest absolute Gasteiger partial charge is 0.404 e. The Hall–Kier alpha value is -2.16. The third-order valence-corrected chi connectivity index (χ3v) is 2.89. The van der Waals surface area contributed by atoms with Crippen molar-refractivity contribution in [1.29, 1.82) is 0 Å². The van der Waals surface area contributed by atoms with Crippen molar-refractivity contribution < 1.29 is 18.3 Å². The highest BCUT2D eigenvalue weighted by Gasteiger charge is 2.36. The Bertz CT molecular complexity index is 579. The van der Waals surface area contributed by atoms with Crippen molar-refractivity contribution in [3.05, 3.63) is 23.7 Å². The van der Waals surface area contributed by atoms with Gasteiger partial charge in [-0.15, -0.1) is 0 Å². The number of alkyl halides is 3. The van der Waals surface area contributed by atoms with Crippen molar-refractivity contribution in [3.8, 4) is 0 Å². The Kier molecular flexibility index (Phi) is 4.12. The molecule has 0 amide bonds. The largest absolute Gasteiger partial charge is 0.433 e. The van der Waals surface area contributed by atoms with Gasteiger partial charge >= 0.3 is 6.18 Å². The van der Waals surface area contributed by atoms with Crippen LogP contribution in [0, 0.1) is 0 Å². The maximum atomic E-state index is 12.9. The summed E-state index contributed by atoms with van der Waals surface area (Å²) in [5, 5.41) is 9.25. The summed E-state index contributed by atoms with van der Waals surface area (Å²) >= 11 is 0. The van der Waals surface area contributed by atoms with Gasteiger partial charge in [0.05, 0.1) is 11.8 Å². The Morgan fingerprint density at radius 1 is 1.48 bits per heavy atom. The molecule has 0 saturated carbocycles. The number of β-amino-alcohol motifs (C(OH)–C–C–N with tert-alkyl or cyclic N) is 1. The van der Waals surface area contributed by atoms with Gasteiger partial charge in [-0.05, 0) is 6.07 Å². The van der Waals surface area contributed by atoms with E-state index < -0.39 is 18.0 Å². The van der Waals surface area contributed by atoms with E-state index in [2.05, 4.69) is 15.0 Å². The number of aliphatic imine (C=N–C) groups is 1. The minimum Gasteiger partial charge on any atom is -0.404 e. The molecule has 1 saturated heterocycles. The number of aliphatic hydroxyl groups excluding tert-OH is 1. The van der Waals surface area contributed by atoms with Gasteiger partial charge in [-0.2, -0.15) is 13.2 Å². The lowest BCUT2D eigenvalue weighted by molar-refractivity contribution is -0.141. The van der Waals surface area contributed by atoms with Gasteiger partial charge in [0.1, 0.15) is 0 Å². The van der Waals surface area contributed by atoms with E-state index in [0.29, 0.717) is 0 Å². The molecule has 6 nitrogen and oxygen atoms in total. The lowest BCUT2D eigenvalue weighted by Crippen LogP contribution is -2.51. The summed E-state index contributed by atoms with van der Waals surface area (Å²) in [4.78, 5) is 12.7. The van der Waals surface area contributed by atoms with Crippen LogP contribution in [-0.2, 0) is 6.18 Å². The van der Waals surface area contributed by atoms with E-state index in [1.165, 1.54) is 18.2 Å². The van der Waals surface area contributed by atoms with Gasteiger partial charge in [0.25, 0.3) is 0 Å². The fourth-order valence-corrected chi connectivity index (χ4v) is 1.82. The average Bonchev–Trinajstić information content (AvgIpc) is 2.39. The predicted octanol–water partition coefficient (Wildman–Crippen LogP) is 0.677. The molecule has 2 heterocycles. The monoisotopic (exact) mass is 301 g/mol. The molecule has 0 radical (unpaired) electrons. The van der Waals surface area contributed by atoms with Crippen molar-refractivity contribution in [2.75, 3.05) is 25.0 Å². The first kappa shape index (κ1) is 15.2. The molecule has 0 aromatic carbocycles. The normalized spacial score (nSPS) is 17.4. The van der Waals surface area contributed by atoms with E-state index in [0.717, 1.165) is 12.3 Å². The van der Waals surface area contributed by atoms with Gasteiger partial charge in [0.2, 0.25) is 5.95 Å². The Morgan fingerprint density at radius 2 is 2.14 bits per heavy atom. The molecule has 0 atom stereocenters. The second kappa shape index (κ2) is 5.68. The van der Waals surface area contributed by atoms with Gasteiger partial charge in [-0.25, -0.2) is 9.97 Å². The van der Waals surface area contributed by atoms with Crippen molar-refractivity contribution in [1.82, 2.24) is 9.97 Å². The number of hydrogen-bond donors (Lipinski definition) is 2. The summed E-state index contributed by atoms with van der Waals surface area (Å²) in [7, 11) is 1.47. The van der Waals surface area contributed by atoms with Crippen LogP contribution in [0.1, 0.15) is 11.4 Å². The summed E-state index contributed by atoms with van der Waals surface area (Å²) in [6, 6.07) is 0.820. The molecular formula is C12H14F3N5O. The third-order valence-electron chi connectivity index (χ3n) is 2.89. The number of aliphatic hydroxyl groups is 1. The number of rotatable bonds is 3. The van der Waals surface area contributed by atoms with Crippen molar-refractivity contribution in [3.63, 3.8) is 0 Å². The van der Waals surface area contributed by atoms with E-state index in [1.807, 2.05) is 0 Å². The molecule has 21 heavy (non-hydrogen) atoms. The zero-order valence-corrected chi connectivity index (χ0v) is 11.2. The number of anilines is 1. The second-order valence-electron chi connectivity index (χ2n) is 4.50. The molecule has 1 aromatic rings. The zero-order valence-electron chi connectivity index (χ0n) is 11.2. The van der Waals surface area contributed by atoms with Crippen LogP contribution < -0.4 is 10.6 Å². The van der Waals surface area contributed by atoms with Crippen LogP contribution in [0.3, 0.4) is 0 Å². The number of allylic oxidation sites excluding steroid dienone is 1. The minimum absolute atomic E-state index is 0.0295. The first-order valence-electron chi connectivity index (χ1n) is 6.09. The first-order chi connectivity index (χ1) is 9.85. The van der Waals surface area contributed by atoms with Crippen LogP contribution in [0.5, 0.6) is 0 Å². The van der Waals surface area contributed by atoms with Crippen molar-refractivity contribution >= 4 is 17.7 Å². The topological polar surface area (TPSA) is 87.6 Å². The maximum Gasteiger partial charge on any atom is 0.433 e. The van der Waals surface area contributed by atoms with Crippen LogP contribution in [0.4, 0.5) is 19.1 Å². The summed E-state index contributed by atoms with van der Waals surface area (Å²) in [5.74, 6) is -0.0889. The van der Waals surface area contributed by atoms with E-state index >= 15 is 0 Å². The Balaban J connectivity index is 2.47. The van der Waals surface area contributed by atoms with Crippen LogP contribution in [0.15, 0.2) is 17.3 Å².